The van der Waals surface area contributed by atoms with Gasteiger partial charge in [-0.1, -0.05) is 86.5 Å². The van der Waals surface area contributed by atoms with Crippen molar-refractivity contribution in [1.29, 1.82) is 0 Å². The van der Waals surface area contributed by atoms with Crippen LogP contribution in [0.15, 0.2) is 0 Å². The van der Waals surface area contributed by atoms with Crippen LogP contribution in [0.1, 0.15) is 153 Å². The molecule has 2 unspecified atom stereocenters. The third kappa shape index (κ3) is 16.0. The molecule has 0 amide bonds. The minimum atomic E-state index is -0.481. The van der Waals surface area contributed by atoms with E-state index in [0.29, 0.717) is 5.92 Å². The van der Waals surface area contributed by atoms with Crippen molar-refractivity contribution in [2.45, 2.75) is 164 Å². The summed E-state index contributed by atoms with van der Waals surface area (Å²) in [6.07, 6.45) is 13.5. The van der Waals surface area contributed by atoms with Gasteiger partial charge < -0.3 is 0 Å². The smallest absolute Gasteiger partial charge is 0.269 e. The maximum absolute atomic E-state index is 11.9. The molecule has 0 N–H and O–H groups in total. The molecule has 0 aromatic heterocycles. The molecule has 1 rings (SSSR count). The maximum atomic E-state index is 11.9. The average Bonchev–Trinajstić information content (AvgIpc) is 2.90. The van der Waals surface area contributed by atoms with Crippen molar-refractivity contribution < 1.29 is 39.2 Å². The summed E-state index contributed by atoms with van der Waals surface area (Å²) in [5.74, 6) is -0.122. The van der Waals surface area contributed by atoms with E-state index in [1.807, 2.05) is 55.4 Å². The highest BCUT2D eigenvalue weighted by atomic mass is 17.5. The third-order valence-corrected chi connectivity index (χ3v) is 8.17. The van der Waals surface area contributed by atoms with Gasteiger partial charge in [0.2, 0.25) is 0 Å². The van der Waals surface area contributed by atoms with Crippen molar-refractivity contribution in [2.24, 2.45) is 23.7 Å². The molecule has 8 heteroatoms. The molecule has 8 nitrogen and oxygen atoms in total. The lowest BCUT2D eigenvalue weighted by molar-refractivity contribution is -0.523. The van der Waals surface area contributed by atoms with Crippen molar-refractivity contribution in [3.05, 3.63) is 0 Å². The molecule has 1 fully saturated rings. The van der Waals surface area contributed by atoms with Crippen molar-refractivity contribution >= 4 is 11.9 Å². The summed E-state index contributed by atoms with van der Waals surface area (Å²) >= 11 is 0. The minimum absolute atomic E-state index is 0.0913. The van der Waals surface area contributed by atoms with Gasteiger partial charge >= 0.3 is 11.9 Å². The molecule has 0 aromatic rings. The molecular formula is C31H60O8. The Kier molecular flexibility index (Phi) is 20.0. The lowest BCUT2D eigenvalue weighted by atomic mass is 9.79. The first-order valence-electron chi connectivity index (χ1n) is 15.5. The number of unbranched alkanes of at least 4 members (excludes halogenated alkanes) is 2. The second-order valence-electron chi connectivity index (χ2n) is 12.3. The molecule has 232 valence electrons. The Hall–Kier alpha value is -1.22. The lowest BCUT2D eigenvalue weighted by Crippen LogP contribution is -2.36. The van der Waals surface area contributed by atoms with Crippen molar-refractivity contribution in [3.63, 3.8) is 0 Å². The average molecular weight is 561 g/mol. The quantitative estimate of drug-likeness (QED) is 0.121. The van der Waals surface area contributed by atoms with Gasteiger partial charge in [0.15, 0.2) is 0 Å². The number of carbonyl (C=O) groups is 2. The summed E-state index contributed by atoms with van der Waals surface area (Å²) in [4.78, 5) is 43.7. The van der Waals surface area contributed by atoms with Gasteiger partial charge in [0, 0.05) is 0 Å². The van der Waals surface area contributed by atoms with Crippen LogP contribution in [-0.2, 0) is 39.2 Å². The van der Waals surface area contributed by atoms with Crippen LogP contribution < -0.4 is 0 Å². The highest BCUT2D eigenvalue weighted by Gasteiger charge is 2.34. The zero-order valence-electron chi connectivity index (χ0n) is 26.8. The monoisotopic (exact) mass is 560 g/mol. The third-order valence-electron chi connectivity index (χ3n) is 8.17. The summed E-state index contributed by atoms with van der Waals surface area (Å²) in [6, 6.07) is 0. The van der Waals surface area contributed by atoms with E-state index >= 15 is 0 Å². The van der Waals surface area contributed by atoms with Crippen LogP contribution in [0.25, 0.3) is 0 Å². The minimum Gasteiger partial charge on any atom is -0.269 e. The van der Waals surface area contributed by atoms with Crippen molar-refractivity contribution in [1.82, 2.24) is 0 Å². The Morgan fingerprint density at radius 3 is 1.54 bits per heavy atom. The summed E-state index contributed by atoms with van der Waals surface area (Å²) in [6.45, 7) is 20.0. The van der Waals surface area contributed by atoms with Gasteiger partial charge in [-0.2, -0.15) is 9.78 Å². The first-order valence-corrected chi connectivity index (χ1v) is 15.5. The largest absolute Gasteiger partial charge is 0.348 e. The molecule has 1 saturated carbocycles. The Balaban J connectivity index is 0.000000751. The molecule has 0 radical (unpaired) electrons. The molecule has 2 atom stereocenters. The Morgan fingerprint density at radius 2 is 1.15 bits per heavy atom. The fourth-order valence-electron chi connectivity index (χ4n) is 4.25. The molecule has 1 aliphatic rings. The first kappa shape index (κ1) is 37.8. The molecule has 0 saturated heterocycles. The van der Waals surface area contributed by atoms with Gasteiger partial charge in [-0.05, 0) is 88.1 Å². The maximum Gasteiger partial charge on any atom is 0.348 e. The van der Waals surface area contributed by atoms with Gasteiger partial charge in [0.1, 0.15) is 11.2 Å². The van der Waals surface area contributed by atoms with E-state index in [1.165, 1.54) is 19.3 Å². The number of hydrogen-bond donors (Lipinski definition) is 0. The summed E-state index contributed by atoms with van der Waals surface area (Å²) in [5.41, 5.74) is -0.892. The Labute approximate surface area is 238 Å². The van der Waals surface area contributed by atoms with E-state index < -0.39 is 11.2 Å². The molecule has 0 heterocycles. The van der Waals surface area contributed by atoms with E-state index in [1.54, 1.807) is 0 Å². The van der Waals surface area contributed by atoms with Gasteiger partial charge in [0.05, 0.1) is 11.8 Å². The van der Waals surface area contributed by atoms with Crippen LogP contribution in [0.5, 0.6) is 0 Å². The van der Waals surface area contributed by atoms with Gasteiger partial charge in [-0.3, -0.25) is 9.78 Å². The molecule has 39 heavy (non-hydrogen) atoms. The first-order chi connectivity index (χ1) is 18.4. The van der Waals surface area contributed by atoms with Crippen LogP contribution in [0, 0.1) is 23.7 Å². The highest BCUT2D eigenvalue weighted by Crippen LogP contribution is 2.35. The highest BCUT2D eigenvalue weighted by molar-refractivity contribution is 5.71. The number of carbonyl (C=O) groups excluding carboxylic acids is 2. The van der Waals surface area contributed by atoms with E-state index in [9.17, 15) is 9.59 Å². The predicted molar refractivity (Wildman–Crippen MR) is 153 cm³/mol. The molecule has 0 aliphatic heterocycles. The van der Waals surface area contributed by atoms with Crippen LogP contribution in [0.2, 0.25) is 0 Å². The second-order valence-corrected chi connectivity index (χ2v) is 12.3. The zero-order chi connectivity index (χ0) is 29.9. The van der Waals surface area contributed by atoms with E-state index in [0.717, 1.165) is 64.2 Å². The van der Waals surface area contributed by atoms with Gasteiger partial charge in [-0.25, -0.2) is 9.59 Å². The summed E-state index contributed by atoms with van der Waals surface area (Å²) in [7, 11) is 0. The van der Waals surface area contributed by atoms with Crippen LogP contribution in [0.3, 0.4) is 0 Å². The summed E-state index contributed by atoms with van der Waals surface area (Å²) < 4.78 is 0. The molecule has 0 aromatic carbocycles. The Morgan fingerprint density at radius 1 is 0.718 bits per heavy atom. The van der Waals surface area contributed by atoms with E-state index in [2.05, 4.69) is 18.9 Å². The van der Waals surface area contributed by atoms with Gasteiger partial charge in [0.25, 0.3) is 0 Å². The van der Waals surface area contributed by atoms with E-state index in [-0.39, 0.29) is 29.7 Å². The van der Waals surface area contributed by atoms with Crippen LogP contribution >= 0.6 is 0 Å². The topological polar surface area (TPSA) is 89.5 Å². The van der Waals surface area contributed by atoms with Gasteiger partial charge in [-0.15, -0.1) is 0 Å². The van der Waals surface area contributed by atoms with Crippen molar-refractivity contribution in [2.75, 3.05) is 0 Å². The van der Waals surface area contributed by atoms with Crippen molar-refractivity contribution in [3.8, 4) is 0 Å². The second kappa shape index (κ2) is 20.6. The standard InChI is InChI=1S/C17H32O4.C14H28O4/c1-5-7-11-14(6-2)16(18)19-21-20-17(3,4)15-12-9-8-10-13-15;1-7-9-10-12(8-2)13(15)16-18-17-14(5,6)11(3)4/h14-15H,5-13H2,1-4H3;11-12H,7-10H2,1-6H3. The Bertz CT molecular complexity index is 641. The van der Waals surface area contributed by atoms with Crippen LogP contribution in [-0.4, -0.2) is 23.1 Å². The summed E-state index contributed by atoms with van der Waals surface area (Å²) in [5, 5.41) is 9.46. The molecule has 0 bridgehead atoms. The van der Waals surface area contributed by atoms with E-state index in [4.69, 9.17) is 24.6 Å². The normalized spacial score (nSPS) is 16.3. The molecular weight excluding hydrogens is 500 g/mol. The zero-order valence-corrected chi connectivity index (χ0v) is 26.8. The fraction of sp³-hybridized carbons (Fsp3) is 0.935. The predicted octanol–water partition coefficient (Wildman–Crippen LogP) is 9.01. The number of hydrogen-bond acceptors (Lipinski definition) is 8. The SMILES string of the molecule is CCCCC(CC)C(=O)OOOC(C)(C)C(C)C.CCCCC(CC)C(=O)OOOC(C)(C)C1CCCCC1. The number of rotatable bonds is 18. The lowest BCUT2D eigenvalue weighted by Gasteiger charge is -2.34. The molecule has 1 aliphatic carbocycles. The fourth-order valence-corrected chi connectivity index (χ4v) is 4.25. The molecule has 0 spiro atoms. The van der Waals surface area contributed by atoms with Crippen LogP contribution in [0.4, 0.5) is 0 Å².